The molecular formula is C20H24N10O14P2. The fourth-order valence-electron chi connectivity index (χ4n) is 5.39. The van der Waals surface area contributed by atoms with Gasteiger partial charge in [0.05, 0.1) is 25.9 Å². The lowest BCUT2D eigenvalue weighted by Crippen LogP contribution is -2.39. The summed E-state index contributed by atoms with van der Waals surface area (Å²) in [5, 5.41) is 22.2. The number of imidazole rings is 2. The minimum absolute atomic E-state index is 0.121. The van der Waals surface area contributed by atoms with E-state index in [1.165, 1.54) is 0 Å². The molecule has 3 aliphatic rings. The number of ether oxygens (including phenoxy) is 2. The van der Waals surface area contributed by atoms with Gasteiger partial charge in [-0.2, -0.15) is 9.97 Å². The van der Waals surface area contributed by atoms with Crippen LogP contribution in [0.2, 0.25) is 0 Å². The number of fused-ring (bicyclic) bond motifs is 4. The number of aliphatic hydroxyl groups excluding tert-OH is 2. The number of hydrogen-bond donors (Lipinski definition) is 8. The normalized spacial score (nSPS) is 37.1. The number of phosphoric ester groups is 2. The van der Waals surface area contributed by atoms with Crippen molar-refractivity contribution in [2.75, 3.05) is 24.7 Å². The topological polar surface area (TPSA) is 350 Å². The average molecular weight is 690 g/mol. The van der Waals surface area contributed by atoms with Gasteiger partial charge in [0.25, 0.3) is 11.1 Å². The number of H-pyrrole nitrogens is 2. The molecule has 0 aliphatic carbocycles. The Labute approximate surface area is 253 Å². The largest absolute Gasteiger partial charge is 0.472 e. The van der Waals surface area contributed by atoms with E-state index in [4.69, 9.17) is 39.0 Å². The monoisotopic (exact) mass is 690 g/mol. The van der Waals surface area contributed by atoms with Gasteiger partial charge in [0, 0.05) is 0 Å². The van der Waals surface area contributed by atoms with E-state index in [1.54, 1.807) is 0 Å². The van der Waals surface area contributed by atoms with Gasteiger partial charge in [0.1, 0.15) is 36.6 Å². The van der Waals surface area contributed by atoms with Crippen molar-refractivity contribution < 1.29 is 56.7 Å². The molecule has 46 heavy (non-hydrogen) atoms. The van der Waals surface area contributed by atoms with Crippen molar-refractivity contribution in [1.29, 1.82) is 0 Å². The molecule has 24 nitrogen and oxygen atoms in total. The third-order valence-corrected chi connectivity index (χ3v) is 9.35. The highest BCUT2D eigenvalue weighted by Crippen LogP contribution is 2.53. The second kappa shape index (κ2) is 11.0. The molecule has 26 heteroatoms. The van der Waals surface area contributed by atoms with Gasteiger partial charge in [-0.1, -0.05) is 0 Å². The predicted octanol–water partition coefficient (Wildman–Crippen LogP) is -3.05. The van der Waals surface area contributed by atoms with Crippen LogP contribution in [0.4, 0.5) is 11.9 Å². The highest BCUT2D eigenvalue weighted by molar-refractivity contribution is 7.47. The van der Waals surface area contributed by atoms with Crippen LogP contribution in [0.15, 0.2) is 22.2 Å². The summed E-state index contributed by atoms with van der Waals surface area (Å²) in [6.45, 7) is -1.74. The first-order valence-electron chi connectivity index (χ1n) is 13.1. The maximum atomic E-state index is 13.1. The quantitative estimate of drug-likeness (QED) is 0.0968. The smallest absolute Gasteiger partial charge is 0.386 e. The number of hydrogen-bond acceptors (Lipinski definition) is 18. The molecule has 0 saturated carbocycles. The van der Waals surface area contributed by atoms with E-state index in [1.807, 2.05) is 0 Å². The van der Waals surface area contributed by atoms with Crippen molar-refractivity contribution in [3.05, 3.63) is 33.4 Å². The molecule has 0 spiro atoms. The van der Waals surface area contributed by atoms with Crippen LogP contribution in [0.1, 0.15) is 12.5 Å². The van der Waals surface area contributed by atoms with Crippen molar-refractivity contribution in [1.82, 2.24) is 39.0 Å². The summed E-state index contributed by atoms with van der Waals surface area (Å²) in [5.41, 5.74) is 9.28. The van der Waals surface area contributed by atoms with Crippen LogP contribution in [-0.2, 0) is 36.7 Å². The van der Waals surface area contributed by atoms with Gasteiger partial charge < -0.3 is 40.9 Å². The number of aromatic amines is 2. The van der Waals surface area contributed by atoms with Crippen LogP contribution in [0.5, 0.6) is 0 Å². The first kappa shape index (κ1) is 31.0. The highest BCUT2D eigenvalue weighted by Gasteiger charge is 2.54. The van der Waals surface area contributed by atoms with E-state index < -0.39 is 89.1 Å². The van der Waals surface area contributed by atoms with E-state index in [0.717, 1.165) is 21.8 Å². The summed E-state index contributed by atoms with van der Waals surface area (Å²) < 4.78 is 60.5. The maximum absolute atomic E-state index is 13.1. The molecule has 4 aromatic rings. The Morgan fingerprint density at radius 2 is 1.15 bits per heavy atom. The molecule has 3 fully saturated rings. The molecule has 10 atom stereocenters. The van der Waals surface area contributed by atoms with Gasteiger partial charge >= 0.3 is 15.6 Å². The molecule has 7 rings (SSSR count). The van der Waals surface area contributed by atoms with Crippen molar-refractivity contribution in [2.45, 2.75) is 49.1 Å². The van der Waals surface area contributed by atoms with E-state index in [9.17, 15) is 38.7 Å². The van der Waals surface area contributed by atoms with E-state index in [0.29, 0.717) is 0 Å². The lowest BCUT2D eigenvalue weighted by atomic mass is 10.1. The van der Waals surface area contributed by atoms with Crippen molar-refractivity contribution in [3.8, 4) is 0 Å². The number of nitrogens with one attached hydrogen (secondary N) is 2. The number of nitrogen functional groups attached to an aromatic ring is 2. The van der Waals surface area contributed by atoms with Crippen LogP contribution >= 0.6 is 15.6 Å². The number of nitrogens with two attached hydrogens (primary N) is 2. The zero-order chi connectivity index (χ0) is 32.7. The molecule has 0 radical (unpaired) electrons. The SMILES string of the molecule is Nc1nc2c(ncn2[C@@H]2O[C@H]3COP(=O)(O)O[C@@H]4C(O)[C@H](n5cnc6c(=O)[nH]c(N)nc65)O[C@H]4COP(=O)(O)O[C@@H]3C2O)c(=O)[nH]1. The van der Waals surface area contributed by atoms with Crippen LogP contribution in [-0.4, -0.2) is 109 Å². The van der Waals surface area contributed by atoms with E-state index >= 15 is 0 Å². The van der Waals surface area contributed by atoms with Gasteiger partial charge in [0.15, 0.2) is 34.8 Å². The molecule has 4 unspecified atom stereocenters. The zero-order valence-corrected chi connectivity index (χ0v) is 24.6. The van der Waals surface area contributed by atoms with Crippen LogP contribution in [0.25, 0.3) is 22.3 Å². The number of aromatic nitrogens is 8. The highest BCUT2D eigenvalue weighted by atomic mass is 31.2. The Hall–Kier alpha value is -3.64. The summed E-state index contributed by atoms with van der Waals surface area (Å²) in [7, 11) is -10.2. The summed E-state index contributed by atoms with van der Waals surface area (Å²) in [4.78, 5) is 65.9. The second-order valence-corrected chi connectivity index (χ2v) is 13.1. The fraction of sp³-hybridized carbons (Fsp3) is 0.500. The minimum Gasteiger partial charge on any atom is -0.386 e. The Kier molecular flexibility index (Phi) is 7.39. The standard InChI is InChI=1S/C20H24N10O14P2/c21-19-25-13-7(15(33)27-19)23-3-29(13)17-9(31)11-5(41-17)1-39-45(35,36)44-12-6(2-40-46(37,38)43-11)42-18(10(12)32)30-4-24-8-14(30)26-20(22)28-16(8)34/h3-6,9-12,17-18,31-32H,1-2H2,(H,35,36)(H,37,38)(H3,21,25,27,33)(H3,22,26,28,34)/t5-,6-,9?,10?,11-,12-,17+,18+/m0/s1. The predicted molar refractivity (Wildman–Crippen MR) is 146 cm³/mol. The third kappa shape index (κ3) is 5.33. The maximum Gasteiger partial charge on any atom is 0.472 e. The van der Waals surface area contributed by atoms with Crippen LogP contribution in [0.3, 0.4) is 0 Å². The van der Waals surface area contributed by atoms with Crippen LogP contribution < -0.4 is 22.6 Å². The third-order valence-electron chi connectivity index (χ3n) is 7.38. The molecule has 3 aliphatic heterocycles. The Morgan fingerprint density at radius 3 is 1.54 bits per heavy atom. The second-order valence-electron chi connectivity index (χ2n) is 10.3. The summed E-state index contributed by atoms with van der Waals surface area (Å²) in [6.07, 6.45) is -10.9. The summed E-state index contributed by atoms with van der Waals surface area (Å²) in [5.74, 6) is -0.561. The van der Waals surface area contributed by atoms with Gasteiger partial charge in [-0.3, -0.25) is 46.8 Å². The van der Waals surface area contributed by atoms with Crippen molar-refractivity contribution >= 4 is 49.9 Å². The number of nitrogens with zero attached hydrogens (tertiary/aromatic N) is 6. The molecule has 10 N–H and O–H groups in total. The lowest BCUT2D eigenvalue weighted by Gasteiger charge is -2.27. The minimum atomic E-state index is -5.10. The molecule has 4 aromatic heterocycles. The Bertz CT molecular complexity index is 1900. The van der Waals surface area contributed by atoms with Gasteiger partial charge in [0.2, 0.25) is 11.9 Å². The van der Waals surface area contributed by atoms with Crippen LogP contribution in [0, 0.1) is 0 Å². The van der Waals surface area contributed by atoms with Gasteiger partial charge in [-0.15, -0.1) is 0 Å². The first-order chi connectivity index (χ1) is 21.7. The summed E-state index contributed by atoms with van der Waals surface area (Å²) >= 11 is 0. The van der Waals surface area contributed by atoms with Gasteiger partial charge in [-0.05, 0) is 0 Å². The molecule has 0 aromatic carbocycles. The number of anilines is 2. The van der Waals surface area contributed by atoms with Crippen molar-refractivity contribution in [2.24, 2.45) is 0 Å². The Morgan fingerprint density at radius 1 is 0.761 bits per heavy atom. The molecule has 3 saturated heterocycles. The number of rotatable bonds is 2. The molecule has 248 valence electrons. The molecule has 7 heterocycles. The lowest BCUT2D eigenvalue weighted by molar-refractivity contribution is -0.0664. The first-order valence-corrected chi connectivity index (χ1v) is 16.1. The summed E-state index contributed by atoms with van der Waals surface area (Å²) in [6, 6.07) is 0. The fourth-order valence-corrected chi connectivity index (χ4v) is 7.32. The van der Waals surface area contributed by atoms with Crippen molar-refractivity contribution in [3.63, 3.8) is 0 Å². The average Bonchev–Trinajstić information content (AvgIpc) is 3.72. The van der Waals surface area contributed by atoms with E-state index in [2.05, 4.69) is 29.9 Å². The number of aliphatic hydroxyl groups is 2. The number of phosphoric acid groups is 2. The molecule has 0 bridgehead atoms. The van der Waals surface area contributed by atoms with E-state index in [-0.39, 0.29) is 34.2 Å². The Balaban J connectivity index is 1.18. The van der Waals surface area contributed by atoms with Gasteiger partial charge in [-0.25, -0.2) is 19.1 Å². The molecular weight excluding hydrogens is 666 g/mol. The molecule has 0 amide bonds. The zero-order valence-electron chi connectivity index (χ0n) is 22.8.